The summed E-state index contributed by atoms with van der Waals surface area (Å²) in [7, 11) is 0. The molecule has 0 unspecified atom stereocenters. The molecule has 0 aromatic heterocycles. The fraction of sp³-hybridized carbons (Fsp3) is 0.933. The summed E-state index contributed by atoms with van der Waals surface area (Å²) in [6.45, 7) is 2.41. The smallest absolute Gasteiger partial charge is 0.219 e. The fourth-order valence-corrected chi connectivity index (χ4v) is 2.89. The van der Waals surface area contributed by atoms with Crippen molar-refractivity contribution >= 4 is 28.9 Å². The zero-order valence-corrected chi connectivity index (χ0v) is 15.3. The molecule has 0 radical (unpaired) electrons. The molecule has 1 aliphatic rings. The summed E-state index contributed by atoms with van der Waals surface area (Å²) < 4.78 is 16.1. The molecule has 1 heterocycles. The van der Waals surface area contributed by atoms with E-state index in [1.165, 1.54) is 0 Å². The van der Waals surface area contributed by atoms with Crippen LogP contribution < -0.4 is 5.32 Å². The first-order valence-electron chi connectivity index (χ1n) is 8.10. The quantitative estimate of drug-likeness (QED) is 0.346. The lowest BCUT2D eigenvalue weighted by Gasteiger charge is -2.12. The van der Waals surface area contributed by atoms with Crippen LogP contribution in [0.4, 0.5) is 0 Å². The van der Waals surface area contributed by atoms with E-state index in [0.717, 1.165) is 38.5 Å². The molecule has 1 amide bonds. The van der Waals surface area contributed by atoms with E-state index in [9.17, 15) is 4.79 Å². The number of amides is 1. The maximum Gasteiger partial charge on any atom is 0.219 e. The lowest BCUT2D eigenvalue weighted by atomic mass is 10.1. The number of carbonyl (C=O) groups is 1. The van der Waals surface area contributed by atoms with Gasteiger partial charge in [0.25, 0.3) is 0 Å². The van der Waals surface area contributed by atoms with Crippen LogP contribution in [0, 0.1) is 0 Å². The first-order valence-corrected chi connectivity index (χ1v) is 8.98. The summed E-state index contributed by atoms with van der Waals surface area (Å²) in [6, 6.07) is 0. The van der Waals surface area contributed by atoms with Crippen molar-refractivity contribution in [2.75, 3.05) is 33.0 Å². The second kappa shape index (κ2) is 13.5. The molecule has 1 aliphatic heterocycles. The highest BCUT2D eigenvalue weighted by atomic mass is 127. The van der Waals surface area contributed by atoms with E-state index in [2.05, 4.69) is 5.32 Å². The van der Waals surface area contributed by atoms with Crippen molar-refractivity contribution in [1.82, 2.24) is 5.32 Å². The van der Waals surface area contributed by atoms with E-state index >= 15 is 0 Å². The van der Waals surface area contributed by atoms with Gasteiger partial charge in [0.15, 0.2) is 0 Å². The van der Waals surface area contributed by atoms with E-state index < -0.39 is 0 Å². The lowest BCUT2D eigenvalue weighted by molar-refractivity contribution is -0.121. The number of unbranched alkanes of at least 4 members (excludes halogenated alkanes) is 1. The Morgan fingerprint density at radius 2 is 2.05 bits per heavy atom. The van der Waals surface area contributed by atoms with Crippen LogP contribution in [0.25, 0.3) is 0 Å². The first-order chi connectivity index (χ1) is 10.8. The average molecular weight is 429 g/mol. The molecule has 22 heavy (non-hydrogen) atoms. The molecule has 6 nitrogen and oxygen atoms in total. The number of aliphatic hydroxyl groups excluding tert-OH is 1. The van der Waals surface area contributed by atoms with Crippen molar-refractivity contribution in [2.24, 2.45) is 0 Å². The van der Waals surface area contributed by atoms with Gasteiger partial charge in [-0.3, -0.25) is 4.79 Å². The number of aliphatic hydroxyl groups is 1. The van der Waals surface area contributed by atoms with Gasteiger partial charge in [0.2, 0.25) is 5.91 Å². The zero-order chi connectivity index (χ0) is 16.0. The number of halogens is 1. The highest BCUT2D eigenvalue weighted by Crippen LogP contribution is 2.23. The molecule has 0 spiro atoms. The Hall–Kier alpha value is 0.0400. The second-order valence-electron chi connectivity index (χ2n) is 5.52. The Bertz CT molecular complexity index is 293. The van der Waals surface area contributed by atoms with Gasteiger partial charge < -0.3 is 23.0 Å². The topological polar surface area (TPSA) is 77.0 Å². The third-order valence-corrected chi connectivity index (χ3v) is 4.01. The molecular formula is C15H28INO5. The fourth-order valence-electron chi connectivity index (χ4n) is 2.49. The number of hydrogen-bond acceptors (Lipinski definition) is 5. The average Bonchev–Trinajstić information content (AvgIpc) is 2.95. The van der Waals surface area contributed by atoms with Gasteiger partial charge in [0.1, 0.15) is 23.0 Å². The maximum absolute atomic E-state index is 11.6. The highest BCUT2D eigenvalue weighted by molar-refractivity contribution is 14.1. The third-order valence-electron chi connectivity index (χ3n) is 3.65. The molecule has 0 aromatic rings. The molecule has 7 heteroatoms. The van der Waals surface area contributed by atoms with Crippen LogP contribution in [0.2, 0.25) is 0 Å². The van der Waals surface area contributed by atoms with E-state index in [4.69, 9.17) is 17.6 Å². The van der Waals surface area contributed by atoms with Gasteiger partial charge in [-0.1, -0.05) is 0 Å². The van der Waals surface area contributed by atoms with E-state index in [-0.39, 0.29) is 18.6 Å². The minimum atomic E-state index is 0.0526. The van der Waals surface area contributed by atoms with Crippen LogP contribution >= 0.6 is 23.0 Å². The van der Waals surface area contributed by atoms with Crippen molar-refractivity contribution in [1.29, 1.82) is 0 Å². The Morgan fingerprint density at radius 3 is 2.82 bits per heavy atom. The van der Waals surface area contributed by atoms with E-state index in [1.807, 2.05) is 23.0 Å². The van der Waals surface area contributed by atoms with Gasteiger partial charge in [-0.25, -0.2) is 0 Å². The molecule has 1 saturated heterocycles. The SMILES string of the molecule is O=C(CCCCOCCO)NCCC[C@H]1CC[C@@H](COI)O1. The Balaban J connectivity index is 1.89. The van der Waals surface area contributed by atoms with Crippen LogP contribution in [-0.4, -0.2) is 56.2 Å². The number of hydrogen-bond donors (Lipinski definition) is 2. The number of ether oxygens (including phenoxy) is 2. The van der Waals surface area contributed by atoms with Crippen LogP contribution in [0.1, 0.15) is 44.9 Å². The molecule has 0 aliphatic carbocycles. The van der Waals surface area contributed by atoms with Gasteiger partial charge in [0, 0.05) is 19.6 Å². The Morgan fingerprint density at radius 1 is 1.23 bits per heavy atom. The van der Waals surface area contributed by atoms with Gasteiger partial charge in [0.05, 0.1) is 32.0 Å². The van der Waals surface area contributed by atoms with Crippen LogP contribution in [-0.2, 0) is 17.3 Å². The van der Waals surface area contributed by atoms with Crippen molar-refractivity contribution in [3.8, 4) is 0 Å². The number of carbonyl (C=O) groups excluding carboxylic acids is 1. The van der Waals surface area contributed by atoms with Crippen LogP contribution in [0.15, 0.2) is 0 Å². The summed E-state index contributed by atoms with van der Waals surface area (Å²) in [5.41, 5.74) is 0. The summed E-state index contributed by atoms with van der Waals surface area (Å²) in [6.07, 6.45) is 6.87. The van der Waals surface area contributed by atoms with Crippen molar-refractivity contribution in [3.05, 3.63) is 0 Å². The Labute approximate surface area is 147 Å². The predicted molar refractivity (Wildman–Crippen MR) is 91.9 cm³/mol. The second-order valence-corrected chi connectivity index (χ2v) is 6.14. The maximum atomic E-state index is 11.6. The van der Waals surface area contributed by atoms with Crippen molar-refractivity contribution in [3.63, 3.8) is 0 Å². The van der Waals surface area contributed by atoms with Crippen molar-refractivity contribution in [2.45, 2.75) is 57.2 Å². The van der Waals surface area contributed by atoms with Gasteiger partial charge in [-0.05, 0) is 38.5 Å². The molecular weight excluding hydrogens is 401 g/mol. The molecule has 0 saturated carbocycles. The zero-order valence-electron chi connectivity index (χ0n) is 13.1. The minimum absolute atomic E-state index is 0.0526. The number of rotatable bonds is 13. The largest absolute Gasteiger partial charge is 0.394 e. The molecule has 2 N–H and O–H groups in total. The van der Waals surface area contributed by atoms with E-state index in [0.29, 0.717) is 38.9 Å². The normalized spacial score (nSPS) is 21.2. The molecule has 0 bridgehead atoms. The minimum Gasteiger partial charge on any atom is -0.394 e. The predicted octanol–water partition coefficient (Wildman–Crippen LogP) is 1.98. The summed E-state index contributed by atoms with van der Waals surface area (Å²) in [5, 5.41) is 11.5. The molecule has 130 valence electrons. The molecule has 2 atom stereocenters. The monoisotopic (exact) mass is 429 g/mol. The molecule has 1 rings (SSSR count). The van der Waals surface area contributed by atoms with Gasteiger partial charge in [-0.2, -0.15) is 0 Å². The van der Waals surface area contributed by atoms with Gasteiger partial charge in [-0.15, -0.1) is 0 Å². The third kappa shape index (κ3) is 9.94. The summed E-state index contributed by atoms with van der Waals surface area (Å²) in [4.78, 5) is 11.6. The first kappa shape index (κ1) is 20.1. The highest BCUT2D eigenvalue weighted by Gasteiger charge is 2.24. The number of nitrogens with one attached hydrogen (secondary N) is 1. The molecule has 1 fully saturated rings. The lowest BCUT2D eigenvalue weighted by Crippen LogP contribution is -2.25. The Kier molecular flexibility index (Phi) is 12.3. The van der Waals surface area contributed by atoms with Crippen LogP contribution in [0.3, 0.4) is 0 Å². The van der Waals surface area contributed by atoms with Gasteiger partial charge >= 0.3 is 0 Å². The molecule has 0 aromatic carbocycles. The van der Waals surface area contributed by atoms with E-state index in [1.54, 1.807) is 0 Å². The summed E-state index contributed by atoms with van der Waals surface area (Å²) >= 11 is 1.90. The standard InChI is InChI=1S/C15H28INO5/c16-21-12-14-7-6-13(22-14)4-3-8-17-15(19)5-1-2-10-20-11-9-18/h13-14,18H,1-12H2,(H,17,19)/t13-,14-/m0/s1. The summed E-state index contributed by atoms with van der Waals surface area (Å²) in [5.74, 6) is 0.102. The van der Waals surface area contributed by atoms with Crippen molar-refractivity contribution < 1.29 is 22.4 Å². The van der Waals surface area contributed by atoms with Crippen LogP contribution in [0.5, 0.6) is 0 Å².